The summed E-state index contributed by atoms with van der Waals surface area (Å²) >= 11 is 0. The van der Waals surface area contributed by atoms with Gasteiger partial charge in [-0.15, -0.1) is 0 Å². The van der Waals surface area contributed by atoms with E-state index in [1.54, 1.807) is 38.1 Å². The second kappa shape index (κ2) is 6.44. The fourth-order valence-electron chi connectivity index (χ4n) is 2.80. The van der Waals surface area contributed by atoms with Crippen LogP contribution in [0.3, 0.4) is 0 Å². The Labute approximate surface area is 146 Å². The first kappa shape index (κ1) is 17.4. The molecule has 25 heavy (non-hydrogen) atoms. The van der Waals surface area contributed by atoms with Crippen LogP contribution in [0.25, 0.3) is 11.3 Å². The second-order valence-corrected chi connectivity index (χ2v) is 7.30. The van der Waals surface area contributed by atoms with E-state index in [0.29, 0.717) is 16.7 Å². The summed E-state index contributed by atoms with van der Waals surface area (Å²) in [6.45, 7) is 3.28. The van der Waals surface area contributed by atoms with E-state index in [9.17, 15) is 17.6 Å². The molecule has 0 aliphatic carbocycles. The van der Waals surface area contributed by atoms with Gasteiger partial charge >= 0.3 is 0 Å². The minimum Gasteiger partial charge on any atom is -0.478 e. The third-order valence-corrected chi connectivity index (χ3v) is 4.63. The van der Waals surface area contributed by atoms with Crippen molar-refractivity contribution in [1.82, 2.24) is 0 Å². The lowest BCUT2D eigenvalue weighted by molar-refractivity contribution is -0.125. The van der Waals surface area contributed by atoms with E-state index in [4.69, 9.17) is 4.74 Å². The van der Waals surface area contributed by atoms with Crippen LogP contribution >= 0.6 is 0 Å². The van der Waals surface area contributed by atoms with Crippen molar-refractivity contribution in [3.05, 3.63) is 71.0 Å². The maximum Gasteiger partial charge on any atom is 0.210 e. The molecule has 0 atom stereocenters. The second-order valence-electron chi connectivity index (χ2n) is 6.32. The molecule has 0 bridgehead atoms. The van der Waals surface area contributed by atoms with Gasteiger partial charge in [0.2, 0.25) is 5.78 Å². The van der Waals surface area contributed by atoms with Gasteiger partial charge in [-0.3, -0.25) is 4.79 Å². The van der Waals surface area contributed by atoms with Crippen molar-refractivity contribution in [2.24, 2.45) is 0 Å². The van der Waals surface area contributed by atoms with Crippen molar-refractivity contribution < 1.29 is 22.3 Å². The van der Waals surface area contributed by atoms with E-state index < -0.39 is 22.1 Å². The number of hydrogen-bond acceptors (Lipinski definition) is 4. The summed E-state index contributed by atoms with van der Waals surface area (Å²) in [5.41, 5.74) is 0.376. The molecule has 0 unspecified atom stereocenters. The van der Waals surface area contributed by atoms with E-state index >= 15 is 0 Å². The number of carbonyl (C=O) groups excluding carboxylic acids is 1. The summed E-state index contributed by atoms with van der Waals surface area (Å²) in [6.07, 6.45) is 0. The standard InChI is InChI=1S/C19H17FO4S/c1-19(2)18(21)16(13-6-4-3-5-7-13)17(24-19)14-9-8-12(10-15(14)20)11-25(22)23/h3-10,25H,11H2,1-2H3. The first-order chi connectivity index (χ1) is 11.8. The molecule has 0 aromatic heterocycles. The maximum atomic E-state index is 14.6. The number of ether oxygens (including phenoxy) is 1. The van der Waals surface area contributed by atoms with Crippen molar-refractivity contribution in [3.8, 4) is 0 Å². The smallest absolute Gasteiger partial charge is 0.210 e. The average Bonchev–Trinajstić information content (AvgIpc) is 2.78. The Morgan fingerprint density at radius 3 is 2.36 bits per heavy atom. The van der Waals surface area contributed by atoms with Crippen molar-refractivity contribution in [2.75, 3.05) is 0 Å². The Balaban J connectivity index is 2.15. The molecular formula is C19H17FO4S. The molecule has 0 radical (unpaired) electrons. The van der Waals surface area contributed by atoms with Crippen LogP contribution < -0.4 is 0 Å². The highest BCUT2D eigenvalue weighted by atomic mass is 32.2. The summed E-state index contributed by atoms with van der Waals surface area (Å²) in [4.78, 5) is 12.7. The Kier molecular flexibility index (Phi) is 4.47. The van der Waals surface area contributed by atoms with E-state index in [1.165, 1.54) is 12.1 Å². The molecule has 6 heteroatoms. The van der Waals surface area contributed by atoms with Gasteiger partial charge in [0.15, 0.2) is 5.60 Å². The summed E-state index contributed by atoms with van der Waals surface area (Å²) in [5, 5.41) is 0. The number of thiol groups is 1. The molecule has 2 aromatic carbocycles. The van der Waals surface area contributed by atoms with Gasteiger partial charge in [0.05, 0.1) is 16.9 Å². The van der Waals surface area contributed by atoms with E-state index in [2.05, 4.69) is 0 Å². The first-order valence-corrected chi connectivity index (χ1v) is 9.10. The Bertz CT molecular complexity index is 935. The zero-order valence-electron chi connectivity index (χ0n) is 13.8. The van der Waals surface area contributed by atoms with Crippen LogP contribution in [0.15, 0.2) is 48.5 Å². The molecule has 0 saturated heterocycles. The van der Waals surface area contributed by atoms with Gasteiger partial charge in [-0.05, 0) is 37.1 Å². The monoisotopic (exact) mass is 360 g/mol. The lowest BCUT2D eigenvalue weighted by Crippen LogP contribution is -2.29. The van der Waals surface area contributed by atoms with Crippen molar-refractivity contribution in [3.63, 3.8) is 0 Å². The summed E-state index contributed by atoms with van der Waals surface area (Å²) in [5.74, 6) is -0.901. The largest absolute Gasteiger partial charge is 0.478 e. The van der Waals surface area contributed by atoms with Crippen LogP contribution in [-0.2, 0) is 26.0 Å². The van der Waals surface area contributed by atoms with Crippen molar-refractivity contribution >= 4 is 27.8 Å². The molecule has 130 valence electrons. The highest BCUT2D eigenvalue weighted by molar-refractivity contribution is 7.71. The predicted molar refractivity (Wildman–Crippen MR) is 93.8 cm³/mol. The Morgan fingerprint density at radius 1 is 1.08 bits per heavy atom. The molecule has 0 spiro atoms. The number of benzene rings is 2. The normalized spacial score (nSPS) is 16.4. The molecule has 2 aromatic rings. The molecule has 0 saturated carbocycles. The van der Waals surface area contributed by atoms with Crippen LogP contribution in [0.4, 0.5) is 4.39 Å². The molecule has 0 amide bonds. The number of Topliss-reactive ketones (excluding diaryl/α,β-unsaturated/α-hetero) is 1. The zero-order valence-corrected chi connectivity index (χ0v) is 14.7. The third kappa shape index (κ3) is 3.35. The zero-order chi connectivity index (χ0) is 18.2. The first-order valence-electron chi connectivity index (χ1n) is 7.74. The van der Waals surface area contributed by atoms with Crippen LogP contribution in [0.2, 0.25) is 0 Å². The minimum atomic E-state index is -2.64. The van der Waals surface area contributed by atoms with Gasteiger partial charge in [-0.1, -0.05) is 36.4 Å². The van der Waals surface area contributed by atoms with Crippen molar-refractivity contribution in [2.45, 2.75) is 25.2 Å². The molecule has 4 nitrogen and oxygen atoms in total. The SMILES string of the molecule is CC1(C)OC(c2ccc(C[SH](=O)=O)cc2F)=C(c2ccccc2)C1=O. The maximum absolute atomic E-state index is 14.6. The number of carbonyl (C=O) groups is 1. The quantitative estimate of drug-likeness (QED) is 0.851. The average molecular weight is 360 g/mol. The van der Waals surface area contributed by atoms with Crippen molar-refractivity contribution in [1.29, 1.82) is 0 Å². The molecule has 3 rings (SSSR count). The number of hydrogen-bond donors (Lipinski definition) is 1. The summed E-state index contributed by atoms with van der Waals surface area (Å²) in [7, 11) is -2.64. The lowest BCUT2D eigenvalue weighted by atomic mass is 9.92. The minimum absolute atomic E-state index is 0.141. The number of ketones is 1. The van der Waals surface area contributed by atoms with E-state index in [-0.39, 0.29) is 22.9 Å². The number of halogens is 1. The Hall–Kier alpha value is -2.47. The topological polar surface area (TPSA) is 60.4 Å². The molecule has 1 aliphatic heterocycles. The highest BCUT2D eigenvalue weighted by Crippen LogP contribution is 2.41. The highest BCUT2D eigenvalue weighted by Gasteiger charge is 2.43. The van der Waals surface area contributed by atoms with E-state index in [0.717, 1.165) is 6.07 Å². The third-order valence-electron chi connectivity index (χ3n) is 4.01. The van der Waals surface area contributed by atoms with Gasteiger partial charge in [-0.2, -0.15) is 0 Å². The summed E-state index contributed by atoms with van der Waals surface area (Å²) < 4.78 is 42.0. The fourth-order valence-corrected chi connectivity index (χ4v) is 3.30. The fraction of sp³-hybridized carbons (Fsp3) is 0.211. The predicted octanol–water partition coefficient (Wildman–Crippen LogP) is 3.18. The Morgan fingerprint density at radius 2 is 1.76 bits per heavy atom. The lowest BCUT2D eigenvalue weighted by Gasteiger charge is -2.18. The van der Waals surface area contributed by atoms with Gasteiger partial charge in [0, 0.05) is 0 Å². The van der Waals surface area contributed by atoms with Gasteiger partial charge in [0.25, 0.3) is 0 Å². The molecule has 1 aliphatic rings. The molecule has 0 N–H and O–H groups in total. The van der Waals surface area contributed by atoms with Crippen LogP contribution in [0.1, 0.15) is 30.5 Å². The number of rotatable bonds is 4. The molecule has 0 fully saturated rings. The molecule has 1 heterocycles. The van der Waals surface area contributed by atoms with Gasteiger partial charge < -0.3 is 4.74 Å². The van der Waals surface area contributed by atoms with Crippen LogP contribution in [0, 0.1) is 5.82 Å². The van der Waals surface area contributed by atoms with Crippen LogP contribution in [0.5, 0.6) is 0 Å². The van der Waals surface area contributed by atoms with Gasteiger partial charge in [0.1, 0.15) is 22.3 Å². The van der Waals surface area contributed by atoms with E-state index in [1.807, 2.05) is 6.07 Å². The van der Waals surface area contributed by atoms with Crippen LogP contribution in [-0.4, -0.2) is 19.8 Å². The van der Waals surface area contributed by atoms with Gasteiger partial charge in [-0.25, -0.2) is 12.8 Å². The molecular weight excluding hydrogens is 343 g/mol. The summed E-state index contributed by atoms with van der Waals surface area (Å²) in [6, 6.07) is 13.1.